The van der Waals surface area contributed by atoms with Gasteiger partial charge >= 0.3 is 0 Å². The van der Waals surface area contributed by atoms with Crippen molar-refractivity contribution >= 4 is 40.1 Å². The molecule has 3 aromatic rings. The molecule has 0 radical (unpaired) electrons. The van der Waals surface area contributed by atoms with Crippen LogP contribution >= 0.6 is 23.2 Å². The number of rotatable bonds is 3. The number of nitrogens with zero attached hydrogens (tertiary/aromatic N) is 1. The van der Waals surface area contributed by atoms with Crippen molar-refractivity contribution in [2.75, 3.05) is 13.2 Å². The van der Waals surface area contributed by atoms with E-state index in [0.29, 0.717) is 39.7 Å². The average Bonchev–Trinajstić information content (AvgIpc) is 3.32. The molecule has 2 aromatic carbocycles. The zero-order valence-corrected chi connectivity index (χ0v) is 16.9. The summed E-state index contributed by atoms with van der Waals surface area (Å²) in [5.41, 5.74) is 1.24. The van der Waals surface area contributed by atoms with Crippen molar-refractivity contribution in [3.63, 3.8) is 0 Å². The lowest BCUT2D eigenvalue weighted by Crippen LogP contribution is -2.36. The Morgan fingerprint density at radius 3 is 2.52 bits per heavy atom. The van der Waals surface area contributed by atoms with Crippen LogP contribution in [0.4, 0.5) is 0 Å². The van der Waals surface area contributed by atoms with Gasteiger partial charge in [0.1, 0.15) is 5.58 Å². The maximum absolute atomic E-state index is 13.4. The molecule has 2 aliphatic rings. The molecule has 2 atom stereocenters. The van der Waals surface area contributed by atoms with Gasteiger partial charge in [0.25, 0.3) is 5.91 Å². The Hall–Kier alpha value is -2.34. The summed E-state index contributed by atoms with van der Waals surface area (Å²) in [6.07, 6.45) is 1.79. The van der Waals surface area contributed by atoms with Crippen molar-refractivity contribution in [3.8, 4) is 0 Å². The molecule has 148 valence electrons. The van der Waals surface area contributed by atoms with E-state index in [0.717, 1.165) is 18.4 Å². The van der Waals surface area contributed by atoms with Crippen LogP contribution in [0, 0.1) is 0 Å². The summed E-state index contributed by atoms with van der Waals surface area (Å²) in [5, 5.41) is 1.39. The molecular weight excluding hydrogens is 413 g/mol. The predicted molar refractivity (Wildman–Crippen MR) is 111 cm³/mol. The van der Waals surface area contributed by atoms with Crippen LogP contribution in [0.2, 0.25) is 10.0 Å². The number of fused-ring (bicyclic) bond motifs is 2. The third-order valence-corrected chi connectivity index (χ3v) is 6.02. The number of ether oxygens (including phenoxy) is 1. The third-order valence-electron chi connectivity index (χ3n) is 5.54. The highest BCUT2D eigenvalue weighted by Crippen LogP contribution is 2.39. The van der Waals surface area contributed by atoms with E-state index in [-0.39, 0.29) is 23.2 Å². The van der Waals surface area contributed by atoms with Crippen LogP contribution < -0.4 is 5.43 Å². The van der Waals surface area contributed by atoms with Crippen molar-refractivity contribution in [1.82, 2.24) is 4.90 Å². The van der Waals surface area contributed by atoms with E-state index < -0.39 is 6.04 Å². The number of carbonyl (C=O) groups is 1. The van der Waals surface area contributed by atoms with E-state index in [1.807, 2.05) is 12.1 Å². The van der Waals surface area contributed by atoms with E-state index >= 15 is 0 Å². The van der Waals surface area contributed by atoms with E-state index in [9.17, 15) is 9.59 Å². The number of carbonyl (C=O) groups excluding carboxylic acids is 1. The minimum absolute atomic E-state index is 0.0537. The Kier molecular flexibility index (Phi) is 4.62. The lowest BCUT2D eigenvalue weighted by atomic mass is 9.98. The Balaban J connectivity index is 1.71. The maximum Gasteiger partial charge on any atom is 0.291 e. The summed E-state index contributed by atoms with van der Waals surface area (Å²) in [4.78, 5) is 28.4. The van der Waals surface area contributed by atoms with Gasteiger partial charge in [-0.1, -0.05) is 35.3 Å². The fourth-order valence-corrected chi connectivity index (χ4v) is 4.48. The molecule has 1 fully saturated rings. The third kappa shape index (κ3) is 3.14. The molecule has 3 heterocycles. The first-order valence-electron chi connectivity index (χ1n) is 9.47. The van der Waals surface area contributed by atoms with Gasteiger partial charge in [0, 0.05) is 23.2 Å². The second-order valence-electron chi connectivity index (χ2n) is 7.36. The van der Waals surface area contributed by atoms with Crippen LogP contribution in [0.3, 0.4) is 0 Å². The summed E-state index contributed by atoms with van der Waals surface area (Å²) in [6.45, 7) is 1.08. The molecule has 1 aromatic heterocycles. The summed E-state index contributed by atoms with van der Waals surface area (Å²) in [6, 6.07) is 11.4. The largest absolute Gasteiger partial charge is 0.450 e. The van der Waals surface area contributed by atoms with Crippen molar-refractivity contribution in [1.29, 1.82) is 0 Å². The Morgan fingerprint density at radius 2 is 1.79 bits per heavy atom. The summed E-state index contributed by atoms with van der Waals surface area (Å²) in [7, 11) is 0. The average molecular weight is 430 g/mol. The number of hydrogen-bond acceptors (Lipinski definition) is 4. The van der Waals surface area contributed by atoms with Crippen LogP contribution in [-0.4, -0.2) is 30.1 Å². The van der Waals surface area contributed by atoms with Gasteiger partial charge in [-0.15, -0.1) is 0 Å². The van der Waals surface area contributed by atoms with Gasteiger partial charge in [-0.3, -0.25) is 9.59 Å². The molecule has 1 amide bonds. The fraction of sp³-hybridized carbons (Fsp3) is 0.273. The molecule has 1 saturated heterocycles. The topological polar surface area (TPSA) is 59.8 Å². The predicted octanol–water partition coefficient (Wildman–Crippen LogP) is 4.82. The smallest absolute Gasteiger partial charge is 0.291 e. The molecule has 7 heteroatoms. The molecule has 0 spiro atoms. The molecule has 0 aliphatic carbocycles. The van der Waals surface area contributed by atoms with Gasteiger partial charge < -0.3 is 14.1 Å². The fourth-order valence-electron chi connectivity index (χ4n) is 4.18. The van der Waals surface area contributed by atoms with Gasteiger partial charge in [0.15, 0.2) is 5.43 Å². The lowest BCUT2D eigenvalue weighted by molar-refractivity contribution is 0.0486. The van der Waals surface area contributed by atoms with Gasteiger partial charge in [0.05, 0.1) is 23.1 Å². The quantitative estimate of drug-likeness (QED) is 0.598. The van der Waals surface area contributed by atoms with E-state index in [1.165, 1.54) is 0 Å². The van der Waals surface area contributed by atoms with E-state index in [4.69, 9.17) is 32.4 Å². The van der Waals surface area contributed by atoms with Crippen LogP contribution in [0.1, 0.15) is 40.6 Å². The molecule has 0 unspecified atom stereocenters. The van der Waals surface area contributed by atoms with Crippen LogP contribution in [0.5, 0.6) is 0 Å². The standard InChI is InChI=1S/C22H17Cl2NO4/c23-13-5-3-12(4-6-13)19-18-20(26)16-10-14(24)7-8-17(16)29-21(18)22(27)25(19)11-15-2-1-9-28-15/h3-8,10,15,19H,1-2,9,11H2/t15-,19-/m1/s1. The minimum Gasteiger partial charge on any atom is -0.450 e. The van der Waals surface area contributed by atoms with E-state index in [2.05, 4.69) is 0 Å². The molecular formula is C22H17Cl2NO4. The van der Waals surface area contributed by atoms with Crippen molar-refractivity contribution in [3.05, 3.63) is 79.6 Å². The molecule has 0 N–H and O–H groups in total. The highest BCUT2D eigenvalue weighted by Gasteiger charge is 2.43. The van der Waals surface area contributed by atoms with Crippen LogP contribution in [-0.2, 0) is 4.74 Å². The first-order chi connectivity index (χ1) is 14.0. The number of halogens is 2. The SMILES string of the molecule is O=C1c2oc3ccc(Cl)cc3c(=O)c2[C@@H](c2ccc(Cl)cc2)N1C[C@H]1CCCO1. The van der Waals surface area contributed by atoms with E-state index in [1.54, 1.807) is 35.2 Å². The maximum atomic E-state index is 13.4. The van der Waals surface area contributed by atoms with Gasteiger partial charge in [-0.25, -0.2) is 0 Å². The molecule has 5 rings (SSSR count). The van der Waals surface area contributed by atoms with Crippen molar-refractivity contribution < 1.29 is 13.9 Å². The first-order valence-corrected chi connectivity index (χ1v) is 10.2. The zero-order valence-electron chi connectivity index (χ0n) is 15.4. The number of hydrogen-bond donors (Lipinski definition) is 0. The highest BCUT2D eigenvalue weighted by molar-refractivity contribution is 6.31. The van der Waals surface area contributed by atoms with Gasteiger partial charge in [-0.2, -0.15) is 0 Å². The first kappa shape index (κ1) is 18.7. The summed E-state index contributed by atoms with van der Waals surface area (Å²) < 4.78 is 11.7. The second kappa shape index (κ2) is 7.17. The second-order valence-corrected chi connectivity index (χ2v) is 8.23. The summed E-state index contributed by atoms with van der Waals surface area (Å²) in [5.74, 6) is -0.216. The van der Waals surface area contributed by atoms with Crippen molar-refractivity contribution in [2.45, 2.75) is 25.0 Å². The normalized spacial score (nSPS) is 21.2. The zero-order chi connectivity index (χ0) is 20.1. The van der Waals surface area contributed by atoms with Crippen LogP contribution in [0.15, 0.2) is 51.7 Å². The molecule has 5 nitrogen and oxygen atoms in total. The number of benzene rings is 2. The Labute approximate surface area is 176 Å². The Bertz CT molecular complexity index is 1170. The van der Waals surface area contributed by atoms with Gasteiger partial charge in [0.2, 0.25) is 5.76 Å². The van der Waals surface area contributed by atoms with Crippen molar-refractivity contribution in [2.24, 2.45) is 0 Å². The monoisotopic (exact) mass is 429 g/mol. The molecule has 2 aliphatic heterocycles. The highest BCUT2D eigenvalue weighted by atomic mass is 35.5. The molecule has 0 bridgehead atoms. The summed E-state index contributed by atoms with van der Waals surface area (Å²) >= 11 is 12.1. The van der Waals surface area contributed by atoms with Crippen LogP contribution in [0.25, 0.3) is 11.0 Å². The molecule has 0 saturated carbocycles. The van der Waals surface area contributed by atoms with Gasteiger partial charge in [-0.05, 0) is 48.7 Å². The lowest BCUT2D eigenvalue weighted by Gasteiger charge is -2.27. The molecule has 29 heavy (non-hydrogen) atoms. The minimum atomic E-state index is -0.557. The Morgan fingerprint density at radius 1 is 1.03 bits per heavy atom. The number of amides is 1.